The van der Waals surface area contributed by atoms with Crippen LogP contribution in [0.5, 0.6) is 0 Å². The molecule has 2 heterocycles. The van der Waals surface area contributed by atoms with Gasteiger partial charge in [0.2, 0.25) is 0 Å². The number of nitrogens with zero attached hydrogens (tertiary/aromatic N) is 2. The van der Waals surface area contributed by atoms with E-state index in [1.54, 1.807) is 4.90 Å². The first-order valence-electron chi connectivity index (χ1n) is 10.2. The summed E-state index contributed by atoms with van der Waals surface area (Å²) < 4.78 is 39.2. The highest BCUT2D eigenvalue weighted by Gasteiger charge is 2.43. The first-order chi connectivity index (χ1) is 14.3. The molecule has 2 aliphatic rings. The number of esters is 1. The summed E-state index contributed by atoms with van der Waals surface area (Å²) in [5.41, 5.74) is 3.93. The number of benzene rings is 1. The van der Waals surface area contributed by atoms with Crippen molar-refractivity contribution >= 4 is 34.6 Å². The molecule has 0 radical (unpaired) electrons. The van der Waals surface area contributed by atoms with Crippen molar-refractivity contribution in [3.8, 4) is 0 Å². The standard InChI is InChI=1S/C22H29F2IN2O4/c1-12-14-9-27(20(29)26-8-7-22(23,24)11-26)10-15(14)13(2)17(25)16(12)18(19(28)30-6)31-21(3,4)5/h18H,7-11H2,1-6H3. The van der Waals surface area contributed by atoms with Gasteiger partial charge in [-0.1, -0.05) is 0 Å². The first-order valence-corrected chi connectivity index (χ1v) is 11.3. The number of amides is 2. The predicted octanol–water partition coefficient (Wildman–Crippen LogP) is 4.71. The summed E-state index contributed by atoms with van der Waals surface area (Å²) in [7, 11) is 1.33. The zero-order valence-electron chi connectivity index (χ0n) is 18.8. The Bertz CT molecular complexity index is 914. The van der Waals surface area contributed by atoms with Crippen LogP contribution in [0.1, 0.15) is 61.1 Å². The van der Waals surface area contributed by atoms with E-state index in [-0.39, 0.29) is 19.0 Å². The molecular weight excluding hydrogens is 521 g/mol. The Hall–Kier alpha value is -1.49. The van der Waals surface area contributed by atoms with Crippen LogP contribution in [0.4, 0.5) is 13.6 Å². The molecule has 0 saturated carbocycles. The number of hydrogen-bond acceptors (Lipinski definition) is 4. The Labute approximate surface area is 195 Å². The highest BCUT2D eigenvalue weighted by atomic mass is 127. The molecule has 1 saturated heterocycles. The fourth-order valence-corrected chi connectivity index (χ4v) is 5.22. The molecule has 172 valence electrons. The quantitative estimate of drug-likeness (QED) is 0.404. The lowest BCUT2D eigenvalue weighted by Gasteiger charge is -2.29. The van der Waals surface area contributed by atoms with Crippen LogP contribution in [-0.4, -0.2) is 53.5 Å². The van der Waals surface area contributed by atoms with Crippen molar-refractivity contribution in [2.45, 2.75) is 71.8 Å². The fraction of sp³-hybridized carbons (Fsp3) is 0.636. The molecule has 0 bridgehead atoms. The van der Waals surface area contributed by atoms with E-state index in [1.165, 1.54) is 12.0 Å². The number of methoxy groups -OCH3 is 1. The van der Waals surface area contributed by atoms with E-state index in [0.717, 1.165) is 31.4 Å². The maximum absolute atomic E-state index is 13.6. The average Bonchev–Trinajstić information content (AvgIpc) is 3.27. The lowest BCUT2D eigenvalue weighted by molar-refractivity contribution is -0.164. The number of ether oxygens (including phenoxy) is 2. The third-order valence-electron chi connectivity index (χ3n) is 5.80. The molecule has 3 rings (SSSR count). The number of alkyl halides is 2. The second kappa shape index (κ2) is 8.46. The van der Waals surface area contributed by atoms with Crippen LogP contribution >= 0.6 is 22.6 Å². The molecule has 6 nitrogen and oxygen atoms in total. The van der Waals surface area contributed by atoms with Gasteiger partial charge in [0.15, 0.2) is 6.10 Å². The molecule has 0 aliphatic carbocycles. The maximum Gasteiger partial charge on any atom is 0.339 e. The van der Waals surface area contributed by atoms with Crippen molar-refractivity contribution in [3.63, 3.8) is 0 Å². The number of carbonyl (C=O) groups is 2. The van der Waals surface area contributed by atoms with Crippen molar-refractivity contribution in [1.29, 1.82) is 0 Å². The number of urea groups is 1. The van der Waals surface area contributed by atoms with E-state index in [9.17, 15) is 18.4 Å². The molecule has 2 amide bonds. The fourth-order valence-electron chi connectivity index (χ4n) is 4.21. The van der Waals surface area contributed by atoms with Gasteiger partial charge in [0.05, 0.1) is 19.3 Å². The van der Waals surface area contributed by atoms with Crippen molar-refractivity contribution < 1.29 is 27.8 Å². The zero-order valence-corrected chi connectivity index (χ0v) is 20.9. The second-order valence-corrected chi connectivity index (χ2v) is 10.3. The summed E-state index contributed by atoms with van der Waals surface area (Å²) in [4.78, 5) is 28.3. The van der Waals surface area contributed by atoms with Crippen molar-refractivity contribution in [3.05, 3.63) is 31.4 Å². The van der Waals surface area contributed by atoms with E-state index in [2.05, 4.69) is 22.6 Å². The smallest absolute Gasteiger partial charge is 0.339 e. The van der Waals surface area contributed by atoms with Gasteiger partial charge in [-0.05, 0) is 79.5 Å². The number of carbonyl (C=O) groups excluding carboxylic acids is 2. The molecule has 2 aliphatic heterocycles. The Morgan fingerprint density at radius 1 is 1.10 bits per heavy atom. The summed E-state index contributed by atoms with van der Waals surface area (Å²) in [5, 5.41) is 0. The van der Waals surface area contributed by atoms with Crippen LogP contribution in [-0.2, 0) is 27.4 Å². The maximum atomic E-state index is 13.6. The number of hydrogen-bond donors (Lipinski definition) is 0. The predicted molar refractivity (Wildman–Crippen MR) is 120 cm³/mol. The normalized spacial score (nSPS) is 18.9. The van der Waals surface area contributed by atoms with E-state index >= 15 is 0 Å². The van der Waals surface area contributed by atoms with Crippen LogP contribution in [0.15, 0.2) is 0 Å². The van der Waals surface area contributed by atoms with Gasteiger partial charge in [0.1, 0.15) is 0 Å². The Morgan fingerprint density at radius 2 is 1.68 bits per heavy atom. The minimum absolute atomic E-state index is 0.0588. The lowest BCUT2D eigenvalue weighted by Crippen LogP contribution is -2.40. The Balaban J connectivity index is 1.97. The summed E-state index contributed by atoms with van der Waals surface area (Å²) >= 11 is 2.21. The largest absolute Gasteiger partial charge is 0.467 e. The SMILES string of the molecule is COC(=O)C(OC(C)(C)C)c1c(C)c2c(c(C)c1I)CN(C(=O)N1CCC(F)(F)C1)C2. The van der Waals surface area contributed by atoms with E-state index in [4.69, 9.17) is 9.47 Å². The molecular formula is C22H29F2IN2O4. The van der Waals surface area contributed by atoms with Gasteiger partial charge in [0.25, 0.3) is 5.92 Å². The third kappa shape index (κ3) is 4.81. The molecule has 1 fully saturated rings. The second-order valence-electron chi connectivity index (χ2n) is 9.23. The van der Waals surface area contributed by atoms with Crippen molar-refractivity contribution in [2.75, 3.05) is 20.2 Å². The monoisotopic (exact) mass is 550 g/mol. The molecule has 1 aromatic carbocycles. The van der Waals surface area contributed by atoms with Crippen LogP contribution < -0.4 is 0 Å². The molecule has 1 aromatic rings. The van der Waals surface area contributed by atoms with Gasteiger partial charge in [0, 0.05) is 35.2 Å². The molecule has 1 atom stereocenters. The van der Waals surface area contributed by atoms with Gasteiger partial charge < -0.3 is 19.3 Å². The zero-order chi connectivity index (χ0) is 23.3. The Kier molecular flexibility index (Phi) is 6.59. The molecule has 0 spiro atoms. The van der Waals surface area contributed by atoms with Crippen LogP contribution in [0.25, 0.3) is 0 Å². The molecule has 31 heavy (non-hydrogen) atoms. The number of rotatable bonds is 3. The van der Waals surface area contributed by atoms with Gasteiger partial charge in [-0.2, -0.15) is 0 Å². The number of halogens is 3. The van der Waals surface area contributed by atoms with E-state index in [0.29, 0.717) is 13.1 Å². The number of fused-ring (bicyclic) bond motifs is 1. The van der Waals surface area contributed by atoms with Crippen LogP contribution in [0.3, 0.4) is 0 Å². The highest BCUT2D eigenvalue weighted by molar-refractivity contribution is 14.1. The van der Waals surface area contributed by atoms with E-state index in [1.807, 2.05) is 34.6 Å². The first kappa shape index (κ1) is 24.2. The van der Waals surface area contributed by atoms with Gasteiger partial charge in [-0.15, -0.1) is 0 Å². The Morgan fingerprint density at radius 3 is 2.16 bits per heavy atom. The summed E-state index contributed by atoms with van der Waals surface area (Å²) in [6, 6.07) is -0.376. The molecule has 1 unspecified atom stereocenters. The minimum atomic E-state index is -2.82. The highest BCUT2D eigenvalue weighted by Crippen LogP contribution is 2.40. The third-order valence-corrected chi connectivity index (χ3v) is 7.19. The van der Waals surface area contributed by atoms with Crippen molar-refractivity contribution in [2.24, 2.45) is 0 Å². The summed E-state index contributed by atoms with van der Waals surface area (Å²) in [6.45, 7) is 9.68. The topological polar surface area (TPSA) is 59.1 Å². The summed E-state index contributed by atoms with van der Waals surface area (Å²) in [5.74, 6) is -3.31. The van der Waals surface area contributed by atoms with Crippen LogP contribution in [0.2, 0.25) is 0 Å². The molecule has 9 heteroatoms. The lowest BCUT2D eigenvalue weighted by atomic mass is 9.91. The van der Waals surface area contributed by atoms with Crippen LogP contribution in [0, 0.1) is 17.4 Å². The summed E-state index contributed by atoms with van der Waals surface area (Å²) in [6.07, 6.45) is -1.20. The molecule has 0 aromatic heterocycles. The van der Waals surface area contributed by atoms with E-state index < -0.39 is 30.1 Å². The molecule has 0 N–H and O–H groups in total. The minimum Gasteiger partial charge on any atom is -0.467 e. The average molecular weight is 550 g/mol. The van der Waals surface area contributed by atoms with Gasteiger partial charge in [-0.3, -0.25) is 0 Å². The van der Waals surface area contributed by atoms with Gasteiger partial charge >= 0.3 is 12.0 Å². The van der Waals surface area contributed by atoms with Crippen molar-refractivity contribution in [1.82, 2.24) is 9.80 Å². The van der Waals surface area contributed by atoms with Gasteiger partial charge in [-0.25, -0.2) is 18.4 Å². The number of likely N-dealkylation sites (tertiary alicyclic amines) is 1.